The molecule has 0 unspecified atom stereocenters. The minimum atomic E-state index is 0.569. The molecule has 8 heteroatoms. The second kappa shape index (κ2) is 5.94. The van der Waals surface area contributed by atoms with Crippen molar-refractivity contribution in [1.82, 2.24) is 24.5 Å². The molecule has 1 fully saturated rings. The standard InChI is InChI=1S/C13H20N8/c1-14-11-17-12(16-9-10-15-5-8-20(10)2)19-13(18-11)21-6-3-4-7-21/h5,8H,3-4,6-7,9H2,1-2H3,(H2,14,16,17,18,19). The molecule has 0 aromatic carbocycles. The fraction of sp³-hybridized carbons (Fsp3) is 0.538. The van der Waals surface area contributed by atoms with Crippen molar-refractivity contribution in [2.45, 2.75) is 19.4 Å². The highest BCUT2D eigenvalue weighted by Gasteiger charge is 2.17. The summed E-state index contributed by atoms with van der Waals surface area (Å²) in [5, 5.41) is 6.20. The van der Waals surface area contributed by atoms with Gasteiger partial charge in [-0.25, -0.2) is 4.98 Å². The molecule has 0 radical (unpaired) electrons. The van der Waals surface area contributed by atoms with Crippen LogP contribution in [-0.4, -0.2) is 44.6 Å². The molecule has 21 heavy (non-hydrogen) atoms. The molecule has 8 nitrogen and oxygen atoms in total. The predicted molar refractivity (Wildman–Crippen MR) is 81.4 cm³/mol. The lowest BCUT2D eigenvalue weighted by Crippen LogP contribution is -2.22. The van der Waals surface area contributed by atoms with Crippen molar-refractivity contribution in [2.75, 3.05) is 35.7 Å². The van der Waals surface area contributed by atoms with Crippen molar-refractivity contribution in [3.8, 4) is 0 Å². The van der Waals surface area contributed by atoms with Gasteiger partial charge in [0, 0.05) is 39.6 Å². The van der Waals surface area contributed by atoms with Gasteiger partial charge in [0.25, 0.3) is 0 Å². The van der Waals surface area contributed by atoms with Crippen molar-refractivity contribution >= 4 is 17.8 Å². The van der Waals surface area contributed by atoms with Crippen molar-refractivity contribution in [1.29, 1.82) is 0 Å². The van der Waals surface area contributed by atoms with Gasteiger partial charge >= 0.3 is 0 Å². The Hall–Kier alpha value is -2.38. The Balaban J connectivity index is 1.77. The Morgan fingerprint density at radius 3 is 2.57 bits per heavy atom. The second-order valence-corrected chi connectivity index (χ2v) is 5.03. The Morgan fingerprint density at radius 2 is 1.90 bits per heavy atom. The van der Waals surface area contributed by atoms with Gasteiger partial charge in [-0.1, -0.05) is 0 Å². The van der Waals surface area contributed by atoms with E-state index in [-0.39, 0.29) is 0 Å². The summed E-state index contributed by atoms with van der Waals surface area (Å²) < 4.78 is 1.97. The van der Waals surface area contributed by atoms with E-state index in [1.54, 1.807) is 6.20 Å². The number of nitrogens with one attached hydrogen (secondary N) is 2. The molecule has 0 aliphatic carbocycles. The molecule has 0 bridgehead atoms. The molecular formula is C13H20N8. The summed E-state index contributed by atoms with van der Waals surface area (Å²) in [6.45, 7) is 2.59. The third kappa shape index (κ3) is 3.04. The lowest BCUT2D eigenvalue weighted by molar-refractivity contribution is 0.804. The molecule has 2 aromatic rings. The molecule has 3 heterocycles. The number of rotatable bonds is 5. The summed E-state index contributed by atoms with van der Waals surface area (Å²) in [6.07, 6.45) is 6.07. The highest BCUT2D eigenvalue weighted by atomic mass is 15.3. The summed E-state index contributed by atoms with van der Waals surface area (Å²) in [7, 11) is 3.78. The smallest absolute Gasteiger partial charge is 0.231 e. The lowest BCUT2D eigenvalue weighted by atomic mass is 10.4. The van der Waals surface area contributed by atoms with E-state index in [4.69, 9.17) is 0 Å². The van der Waals surface area contributed by atoms with Crippen molar-refractivity contribution < 1.29 is 0 Å². The lowest BCUT2D eigenvalue weighted by Gasteiger charge is -2.16. The third-order valence-electron chi connectivity index (χ3n) is 3.56. The Bertz CT molecular complexity index is 602. The molecule has 1 aliphatic rings. The fourth-order valence-electron chi connectivity index (χ4n) is 2.34. The van der Waals surface area contributed by atoms with Gasteiger partial charge in [0.05, 0.1) is 6.54 Å². The van der Waals surface area contributed by atoms with Crippen LogP contribution in [0, 0.1) is 0 Å². The highest BCUT2D eigenvalue weighted by molar-refractivity contribution is 5.44. The minimum absolute atomic E-state index is 0.569. The first kappa shape index (κ1) is 13.6. The number of aryl methyl sites for hydroxylation is 1. The first-order valence-electron chi connectivity index (χ1n) is 7.15. The van der Waals surface area contributed by atoms with Crippen molar-refractivity contribution in [3.05, 3.63) is 18.2 Å². The highest BCUT2D eigenvalue weighted by Crippen LogP contribution is 2.18. The zero-order chi connectivity index (χ0) is 14.7. The van der Waals surface area contributed by atoms with E-state index in [0.29, 0.717) is 18.4 Å². The SMILES string of the molecule is CNc1nc(NCc2nccn2C)nc(N2CCCC2)n1. The summed E-state index contributed by atoms with van der Waals surface area (Å²) in [4.78, 5) is 19.7. The zero-order valence-electron chi connectivity index (χ0n) is 12.4. The van der Waals surface area contributed by atoms with Crippen LogP contribution < -0.4 is 15.5 Å². The van der Waals surface area contributed by atoms with E-state index >= 15 is 0 Å². The van der Waals surface area contributed by atoms with Gasteiger partial charge in [0.15, 0.2) is 0 Å². The molecule has 3 rings (SSSR count). The monoisotopic (exact) mass is 288 g/mol. The van der Waals surface area contributed by atoms with E-state index in [1.165, 1.54) is 12.8 Å². The molecule has 0 atom stereocenters. The minimum Gasteiger partial charge on any atom is -0.357 e. The van der Waals surface area contributed by atoms with Crippen LogP contribution >= 0.6 is 0 Å². The predicted octanol–water partition coefficient (Wildman–Crippen LogP) is 0.859. The first-order valence-corrected chi connectivity index (χ1v) is 7.15. The molecule has 2 N–H and O–H groups in total. The van der Waals surface area contributed by atoms with E-state index in [1.807, 2.05) is 24.9 Å². The summed E-state index contributed by atoms with van der Waals surface area (Å²) in [5.74, 6) is 2.81. The fourth-order valence-corrected chi connectivity index (χ4v) is 2.34. The maximum atomic E-state index is 4.51. The first-order chi connectivity index (χ1) is 10.3. The number of anilines is 3. The number of hydrogen-bond acceptors (Lipinski definition) is 7. The van der Waals surface area contributed by atoms with Crippen LogP contribution in [0.25, 0.3) is 0 Å². The van der Waals surface area contributed by atoms with Crippen LogP contribution in [0.5, 0.6) is 0 Å². The van der Waals surface area contributed by atoms with Gasteiger partial charge in [-0.2, -0.15) is 15.0 Å². The molecule has 1 aliphatic heterocycles. The van der Waals surface area contributed by atoms with Gasteiger partial charge in [-0.15, -0.1) is 0 Å². The van der Waals surface area contributed by atoms with E-state index in [2.05, 4.69) is 35.5 Å². The Morgan fingerprint density at radius 1 is 1.14 bits per heavy atom. The van der Waals surface area contributed by atoms with Gasteiger partial charge in [-0.3, -0.25) is 0 Å². The zero-order valence-corrected chi connectivity index (χ0v) is 12.4. The van der Waals surface area contributed by atoms with Crippen LogP contribution in [0.15, 0.2) is 12.4 Å². The maximum absolute atomic E-state index is 4.51. The largest absolute Gasteiger partial charge is 0.357 e. The quantitative estimate of drug-likeness (QED) is 0.844. The second-order valence-electron chi connectivity index (χ2n) is 5.03. The molecular weight excluding hydrogens is 268 g/mol. The summed E-state index contributed by atoms with van der Waals surface area (Å²) in [5.41, 5.74) is 0. The van der Waals surface area contributed by atoms with Crippen LogP contribution in [0.1, 0.15) is 18.7 Å². The maximum Gasteiger partial charge on any atom is 0.231 e. The summed E-state index contributed by atoms with van der Waals surface area (Å²) in [6, 6.07) is 0. The van der Waals surface area contributed by atoms with E-state index in [0.717, 1.165) is 24.9 Å². The molecule has 1 saturated heterocycles. The molecule has 112 valence electrons. The number of hydrogen-bond donors (Lipinski definition) is 2. The molecule has 2 aromatic heterocycles. The van der Waals surface area contributed by atoms with Gasteiger partial charge in [0.2, 0.25) is 17.8 Å². The van der Waals surface area contributed by atoms with Gasteiger partial charge in [0.1, 0.15) is 5.82 Å². The number of aromatic nitrogens is 5. The topological polar surface area (TPSA) is 83.8 Å². The van der Waals surface area contributed by atoms with Crippen LogP contribution in [0.2, 0.25) is 0 Å². The average Bonchev–Trinajstić information content (AvgIpc) is 3.16. The van der Waals surface area contributed by atoms with Crippen molar-refractivity contribution in [3.63, 3.8) is 0 Å². The van der Waals surface area contributed by atoms with Gasteiger partial charge in [-0.05, 0) is 12.8 Å². The van der Waals surface area contributed by atoms with Crippen LogP contribution in [0.4, 0.5) is 17.8 Å². The molecule has 0 saturated carbocycles. The van der Waals surface area contributed by atoms with E-state index < -0.39 is 0 Å². The molecule has 0 amide bonds. The normalized spacial score (nSPS) is 14.5. The average molecular weight is 288 g/mol. The van der Waals surface area contributed by atoms with Gasteiger partial charge < -0.3 is 20.1 Å². The van der Waals surface area contributed by atoms with Crippen molar-refractivity contribution in [2.24, 2.45) is 7.05 Å². The Labute approximate surface area is 123 Å². The van der Waals surface area contributed by atoms with E-state index in [9.17, 15) is 0 Å². The summed E-state index contributed by atoms with van der Waals surface area (Å²) >= 11 is 0. The molecule has 0 spiro atoms. The van der Waals surface area contributed by atoms with Crippen LogP contribution in [-0.2, 0) is 13.6 Å². The van der Waals surface area contributed by atoms with Crippen LogP contribution in [0.3, 0.4) is 0 Å². The number of imidazole rings is 1. The third-order valence-corrected chi connectivity index (χ3v) is 3.56. The Kier molecular flexibility index (Phi) is 3.85. The number of nitrogens with zero attached hydrogens (tertiary/aromatic N) is 6.